The zero-order valence-corrected chi connectivity index (χ0v) is 11.5. The Labute approximate surface area is 120 Å². The van der Waals surface area contributed by atoms with Crippen molar-refractivity contribution >= 4 is 33.2 Å². The Morgan fingerprint density at radius 3 is 2.74 bits per heavy atom. The van der Waals surface area contributed by atoms with Gasteiger partial charge in [0.05, 0.1) is 9.40 Å². The van der Waals surface area contributed by atoms with E-state index in [9.17, 15) is 14.5 Å². The number of hydrogen-bond donors (Lipinski definition) is 0. The molecule has 0 bridgehead atoms. The van der Waals surface area contributed by atoms with Gasteiger partial charge in [-0.25, -0.2) is 4.39 Å². The largest absolute Gasteiger partial charge is 0.434 e. The minimum Gasteiger partial charge on any atom is -0.434 e. The first-order chi connectivity index (χ1) is 8.97. The molecule has 0 radical (unpaired) electrons. The average Bonchev–Trinajstić information content (AvgIpc) is 2.33. The van der Waals surface area contributed by atoms with E-state index in [0.29, 0.717) is 0 Å². The summed E-state index contributed by atoms with van der Waals surface area (Å²) in [7, 11) is 0. The van der Waals surface area contributed by atoms with Crippen LogP contribution in [-0.2, 0) is 0 Å². The van der Waals surface area contributed by atoms with Gasteiger partial charge in [0.2, 0.25) is 0 Å². The van der Waals surface area contributed by atoms with Gasteiger partial charge in [-0.1, -0.05) is 11.6 Å². The van der Waals surface area contributed by atoms with E-state index >= 15 is 0 Å². The molecule has 0 unspecified atom stereocenters. The van der Waals surface area contributed by atoms with Crippen molar-refractivity contribution in [3.63, 3.8) is 0 Å². The van der Waals surface area contributed by atoms with E-state index in [1.807, 2.05) is 0 Å². The molecule has 0 saturated heterocycles. The normalized spacial score (nSPS) is 10.3. The lowest BCUT2D eigenvalue weighted by Crippen LogP contribution is -1.96. The standard InChI is InChI=1S/C11H5BrClFN2O3/c12-7-2-1-6(5-8(7)14)19-11-9(16(17)18)3-4-10(13)15-11/h1-5H. The van der Waals surface area contributed by atoms with Gasteiger partial charge < -0.3 is 4.74 Å². The number of halogens is 3. The molecule has 2 rings (SSSR count). The minimum absolute atomic E-state index is 0.0400. The number of pyridine rings is 1. The SMILES string of the molecule is O=[N+]([O-])c1ccc(Cl)nc1Oc1ccc(Br)c(F)c1. The summed E-state index contributed by atoms with van der Waals surface area (Å²) >= 11 is 8.64. The van der Waals surface area contributed by atoms with Crippen molar-refractivity contribution in [3.8, 4) is 11.6 Å². The molecule has 0 fully saturated rings. The summed E-state index contributed by atoms with van der Waals surface area (Å²) in [6.07, 6.45) is 0. The van der Waals surface area contributed by atoms with Crippen molar-refractivity contribution in [2.24, 2.45) is 0 Å². The van der Waals surface area contributed by atoms with Crippen molar-refractivity contribution in [1.82, 2.24) is 4.98 Å². The fourth-order valence-electron chi connectivity index (χ4n) is 1.28. The Morgan fingerprint density at radius 2 is 2.11 bits per heavy atom. The number of ether oxygens (including phenoxy) is 1. The molecule has 5 nitrogen and oxygen atoms in total. The van der Waals surface area contributed by atoms with Gasteiger partial charge in [0.1, 0.15) is 16.7 Å². The first-order valence-corrected chi connectivity index (χ1v) is 6.08. The van der Waals surface area contributed by atoms with E-state index in [4.69, 9.17) is 16.3 Å². The van der Waals surface area contributed by atoms with E-state index in [-0.39, 0.29) is 26.9 Å². The summed E-state index contributed by atoms with van der Waals surface area (Å²) < 4.78 is 18.8. The fourth-order valence-corrected chi connectivity index (χ4v) is 1.66. The monoisotopic (exact) mass is 346 g/mol. The van der Waals surface area contributed by atoms with Crippen molar-refractivity contribution in [3.05, 3.63) is 55.9 Å². The number of rotatable bonds is 3. The predicted molar refractivity (Wildman–Crippen MR) is 70.1 cm³/mol. The van der Waals surface area contributed by atoms with Crippen LogP contribution in [0.3, 0.4) is 0 Å². The van der Waals surface area contributed by atoms with Crippen LogP contribution >= 0.6 is 27.5 Å². The second kappa shape index (κ2) is 5.50. The zero-order chi connectivity index (χ0) is 14.0. The number of benzene rings is 1. The molecule has 1 aromatic heterocycles. The number of hydrogen-bond acceptors (Lipinski definition) is 4. The van der Waals surface area contributed by atoms with Crippen molar-refractivity contribution in [1.29, 1.82) is 0 Å². The van der Waals surface area contributed by atoms with Crippen LogP contribution in [0.1, 0.15) is 0 Å². The zero-order valence-electron chi connectivity index (χ0n) is 9.14. The van der Waals surface area contributed by atoms with Gasteiger partial charge in [-0.2, -0.15) is 4.98 Å². The molecular weight excluding hydrogens is 342 g/mol. The summed E-state index contributed by atoms with van der Waals surface area (Å²) in [5.74, 6) is -0.764. The van der Waals surface area contributed by atoms with Gasteiger partial charge in [-0.3, -0.25) is 10.1 Å². The molecule has 0 aliphatic rings. The number of nitrogens with zero attached hydrogens (tertiary/aromatic N) is 2. The highest BCUT2D eigenvalue weighted by Crippen LogP contribution is 2.31. The molecule has 0 aliphatic heterocycles. The summed E-state index contributed by atoms with van der Waals surface area (Å²) in [5, 5.41) is 10.8. The molecule has 0 aliphatic carbocycles. The van der Waals surface area contributed by atoms with Crippen LogP contribution in [0.4, 0.5) is 10.1 Å². The molecule has 0 amide bonds. The maximum absolute atomic E-state index is 13.3. The van der Waals surface area contributed by atoms with E-state index < -0.39 is 10.7 Å². The third-order valence-electron chi connectivity index (χ3n) is 2.11. The van der Waals surface area contributed by atoms with Crippen LogP contribution in [-0.4, -0.2) is 9.91 Å². The Morgan fingerprint density at radius 1 is 1.37 bits per heavy atom. The molecule has 98 valence electrons. The molecular formula is C11H5BrClFN2O3. The maximum Gasteiger partial charge on any atom is 0.331 e. The first-order valence-electron chi connectivity index (χ1n) is 4.91. The van der Waals surface area contributed by atoms with Gasteiger partial charge >= 0.3 is 11.6 Å². The average molecular weight is 348 g/mol. The molecule has 19 heavy (non-hydrogen) atoms. The van der Waals surface area contributed by atoms with E-state index in [1.165, 1.54) is 24.3 Å². The molecule has 0 atom stereocenters. The summed E-state index contributed by atoms with van der Waals surface area (Å²) in [6.45, 7) is 0. The topological polar surface area (TPSA) is 65.3 Å². The summed E-state index contributed by atoms with van der Waals surface area (Å²) in [5.41, 5.74) is -0.354. The third kappa shape index (κ3) is 3.18. The lowest BCUT2D eigenvalue weighted by Gasteiger charge is -2.06. The highest BCUT2D eigenvalue weighted by atomic mass is 79.9. The molecule has 1 heterocycles. The van der Waals surface area contributed by atoms with Gasteiger partial charge in [0, 0.05) is 12.1 Å². The number of nitro groups is 1. The molecule has 0 N–H and O–H groups in total. The van der Waals surface area contributed by atoms with E-state index in [0.717, 1.165) is 6.07 Å². The second-order valence-electron chi connectivity index (χ2n) is 3.39. The van der Waals surface area contributed by atoms with Gasteiger partial charge in [-0.15, -0.1) is 0 Å². The fraction of sp³-hybridized carbons (Fsp3) is 0. The van der Waals surface area contributed by atoms with E-state index in [2.05, 4.69) is 20.9 Å². The van der Waals surface area contributed by atoms with Crippen LogP contribution in [0.2, 0.25) is 5.15 Å². The highest BCUT2D eigenvalue weighted by molar-refractivity contribution is 9.10. The smallest absolute Gasteiger partial charge is 0.331 e. The molecule has 8 heteroatoms. The van der Waals surface area contributed by atoms with Crippen LogP contribution in [0.5, 0.6) is 11.6 Å². The Balaban J connectivity index is 2.39. The second-order valence-corrected chi connectivity index (χ2v) is 4.63. The predicted octanol–water partition coefficient (Wildman–Crippen LogP) is 4.34. The van der Waals surface area contributed by atoms with Gasteiger partial charge in [-0.05, 0) is 34.1 Å². The quantitative estimate of drug-likeness (QED) is 0.471. The third-order valence-corrected chi connectivity index (χ3v) is 2.96. The van der Waals surface area contributed by atoms with Crippen LogP contribution < -0.4 is 4.74 Å². The molecule has 0 spiro atoms. The highest BCUT2D eigenvalue weighted by Gasteiger charge is 2.18. The molecule has 2 aromatic rings. The van der Waals surface area contributed by atoms with Crippen molar-refractivity contribution in [2.75, 3.05) is 0 Å². The Bertz CT molecular complexity index is 654. The van der Waals surface area contributed by atoms with E-state index in [1.54, 1.807) is 0 Å². The Kier molecular flexibility index (Phi) is 3.96. The van der Waals surface area contributed by atoms with Crippen LogP contribution in [0, 0.1) is 15.9 Å². The minimum atomic E-state index is -0.659. The van der Waals surface area contributed by atoms with Crippen molar-refractivity contribution < 1.29 is 14.1 Å². The molecule has 1 aromatic carbocycles. The number of aromatic nitrogens is 1. The maximum atomic E-state index is 13.3. The lowest BCUT2D eigenvalue weighted by molar-refractivity contribution is -0.386. The molecule has 0 saturated carbocycles. The Hall–Kier alpha value is -1.73. The lowest BCUT2D eigenvalue weighted by atomic mass is 10.3. The van der Waals surface area contributed by atoms with Crippen LogP contribution in [0.25, 0.3) is 0 Å². The van der Waals surface area contributed by atoms with Crippen LogP contribution in [0.15, 0.2) is 34.8 Å². The van der Waals surface area contributed by atoms with Gasteiger partial charge in [0.15, 0.2) is 0 Å². The van der Waals surface area contributed by atoms with Crippen molar-refractivity contribution in [2.45, 2.75) is 0 Å². The summed E-state index contributed by atoms with van der Waals surface area (Å²) in [6, 6.07) is 6.38. The van der Waals surface area contributed by atoms with Gasteiger partial charge in [0.25, 0.3) is 0 Å². The first kappa shape index (κ1) is 13.7. The summed E-state index contributed by atoms with van der Waals surface area (Å²) in [4.78, 5) is 13.9.